The second-order valence-corrected chi connectivity index (χ2v) is 11.4. The van der Waals surface area contributed by atoms with Gasteiger partial charge in [-0.05, 0) is 55.5 Å². The van der Waals surface area contributed by atoms with Gasteiger partial charge < -0.3 is 0 Å². The van der Waals surface area contributed by atoms with Crippen LogP contribution in [0.3, 0.4) is 0 Å². The summed E-state index contributed by atoms with van der Waals surface area (Å²) in [5.41, 5.74) is -0.177. The fourth-order valence-corrected chi connectivity index (χ4v) is 5.64. The molecule has 0 amide bonds. The standard InChI is InChI=1S/C25H22ClF2N5O3S/c1-12-10-29-23(14-6-5-7-19(21(14)27)37(4,35)36)22(28)24(12)33-13(2)8-17(20(26)25(33)34)15-9-16(15)18-11-30-32(3)31-18/h5-8,10-11,15-16H,9H2,1-4H3/t15-,16-/m0/s1/i3D3. The highest BCUT2D eigenvalue weighted by Gasteiger charge is 2.43. The van der Waals surface area contributed by atoms with Crippen molar-refractivity contribution in [3.8, 4) is 16.9 Å². The maximum atomic E-state index is 16.0. The van der Waals surface area contributed by atoms with Crippen LogP contribution in [0.1, 0.15) is 44.9 Å². The molecule has 0 radical (unpaired) electrons. The molecule has 1 aliphatic rings. The minimum Gasteiger partial charge on any atom is -0.277 e. The number of nitrogens with zero attached hydrogens (tertiary/aromatic N) is 5. The normalized spacial score (nSPS) is 18.8. The third kappa shape index (κ3) is 4.25. The molecule has 0 bridgehead atoms. The second kappa shape index (κ2) is 8.84. The van der Waals surface area contributed by atoms with Gasteiger partial charge in [0.2, 0.25) is 0 Å². The molecule has 2 atom stereocenters. The van der Waals surface area contributed by atoms with Crippen molar-refractivity contribution in [2.75, 3.05) is 6.26 Å². The molecule has 0 saturated heterocycles. The molecule has 1 aliphatic carbocycles. The summed E-state index contributed by atoms with van der Waals surface area (Å²) in [7, 11) is -3.94. The maximum absolute atomic E-state index is 16.0. The van der Waals surface area contributed by atoms with E-state index in [0.717, 1.165) is 16.9 Å². The second-order valence-electron chi connectivity index (χ2n) is 9.05. The fourth-order valence-electron chi connectivity index (χ4n) is 4.60. The van der Waals surface area contributed by atoms with Crippen molar-refractivity contribution in [2.45, 2.75) is 37.0 Å². The third-order valence-corrected chi connectivity index (χ3v) is 7.95. The SMILES string of the molecule is [2H]C([2H])([2H])n1ncc([C@H]2C[C@@H]2c2cc(C)n(-c3c(C)cnc(-c4cccc(S(C)(=O)=O)c4F)c3F)c(=O)c2Cl)n1. The Bertz CT molecular complexity index is 1860. The lowest BCUT2D eigenvalue weighted by atomic mass is 10.1. The van der Waals surface area contributed by atoms with Crippen molar-refractivity contribution in [3.63, 3.8) is 0 Å². The quantitative estimate of drug-likeness (QED) is 0.370. The van der Waals surface area contributed by atoms with Crippen molar-refractivity contribution >= 4 is 21.4 Å². The predicted octanol–water partition coefficient (Wildman–Crippen LogP) is 4.25. The van der Waals surface area contributed by atoms with Crippen LogP contribution in [0.25, 0.3) is 16.9 Å². The zero-order valence-corrected chi connectivity index (χ0v) is 21.4. The first-order valence-electron chi connectivity index (χ1n) is 12.6. The monoisotopic (exact) mass is 548 g/mol. The lowest BCUT2D eigenvalue weighted by molar-refractivity contribution is 0.569. The van der Waals surface area contributed by atoms with E-state index in [0.29, 0.717) is 28.2 Å². The molecular formula is C25H22ClF2N5O3S. The Morgan fingerprint density at radius 1 is 1.16 bits per heavy atom. The Morgan fingerprint density at radius 3 is 2.59 bits per heavy atom. The predicted molar refractivity (Wildman–Crippen MR) is 134 cm³/mol. The van der Waals surface area contributed by atoms with Gasteiger partial charge in [-0.25, -0.2) is 17.2 Å². The van der Waals surface area contributed by atoms with E-state index < -0.39 is 44.6 Å². The molecule has 0 aliphatic heterocycles. The molecule has 3 heterocycles. The van der Waals surface area contributed by atoms with Crippen molar-refractivity contribution in [1.82, 2.24) is 24.5 Å². The van der Waals surface area contributed by atoms with Crippen LogP contribution in [0.2, 0.25) is 5.02 Å². The maximum Gasteiger partial charge on any atom is 0.274 e. The molecule has 0 N–H and O–H groups in total. The van der Waals surface area contributed by atoms with E-state index in [1.807, 2.05) is 0 Å². The summed E-state index contributed by atoms with van der Waals surface area (Å²) >= 11 is 6.51. The van der Waals surface area contributed by atoms with Crippen LogP contribution in [0.5, 0.6) is 0 Å². The van der Waals surface area contributed by atoms with Gasteiger partial charge in [-0.3, -0.25) is 14.3 Å². The Hall–Kier alpha value is -3.44. The molecule has 5 rings (SSSR count). The summed E-state index contributed by atoms with van der Waals surface area (Å²) in [6.45, 7) is 0.600. The van der Waals surface area contributed by atoms with Crippen molar-refractivity contribution in [3.05, 3.63) is 86.2 Å². The molecule has 37 heavy (non-hydrogen) atoms. The van der Waals surface area contributed by atoms with E-state index in [4.69, 9.17) is 15.7 Å². The van der Waals surface area contributed by atoms with Crippen LogP contribution in [0, 0.1) is 25.5 Å². The molecule has 0 unspecified atom stereocenters. The number of hydrogen-bond donors (Lipinski definition) is 0. The van der Waals surface area contributed by atoms with E-state index in [1.165, 1.54) is 31.5 Å². The van der Waals surface area contributed by atoms with Gasteiger partial charge in [-0.2, -0.15) is 15.0 Å². The number of sulfone groups is 1. The largest absolute Gasteiger partial charge is 0.277 e. The van der Waals surface area contributed by atoms with Crippen molar-refractivity contribution in [2.24, 2.45) is 6.98 Å². The number of benzene rings is 1. The number of aromatic nitrogens is 5. The molecule has 3 aromatic heterocycles. The zero-order chi connectivity index (χ0) is 29.3. The molecule has 1 saturated carbocycles. The van der Waals surface area contributed by atoms with E-state index in [1.54, 1.807) is 13.0 Å². The number of pyridine rings is 2. The number of hydrogen-bond acceptors (Lipinski definition) is 6. The Balaban J connectivity index is 1.58. The van der Waals surface area contributed by atoms with Crippen LogP contribution in [0.4, 0.5) is 8.78 Å². The van der Waals surface area contributed by atoms with Gasteiger partial charge in [-0.15, -0.1) is 0 Å². The summed E-state index contributed by atoms with van der Waals surface area (Å²) in [6.07, 6.45) is 4.03. The fraction of sp³-hybridized carbons (Fsp3) is 0.280. The molecule has 8 nitrogen and oxygen atoms in total. The number of halogens is 3. The lowest BCUT2D eigenvalue weighted by Crippen LogP contribution is -2.24. The molecule has 1 aromatic carbocycles. The molecule has 1 fully saturated rings. The molecule has 12 heteroatoms. The van der Waals surface area contributed by atoms with Crippen LogP contribution in [-0.4, -0.2) is 39.2 Å². The molecule has 0 spiro atoms. The smallest absolute Gasteiger partial charge is 0.274 e. The van der Waals surface area contributed by atoms with E-state index >= 15 is 8.78 Å². The topological polar surface area (TPSA) is 99.7 Å². The van der Waals surface area contributed by atoms with Crippen LogP contribution in [-0.2, 0) is 16.8 Å². The zero-order valence-electron chi connectivity index (χ0n) is 22.8. The van der Waals surface area contributed by atoms with E-state index in [9.17, 15) is 13.2 Å². The molecular weight excluding hydrogens is 524 g/mol. The first-order chi connectivity index (χ1) is 18.6. The first-order valence-corrected chi connectivity index (χ1v) is 13.4. The Labute approximate surface area is 220 Å². The summed E-state index contributed by atoms with van der Waals surface area (Å²) in [5, 5.41) is 7.69. The van der Waals surface area contributed by atoms with Gasteiger partial charge in [0, 0.05) is 40.7 Å². The van der Waals surface area contributed by atoms with Crippen molar-refractivity contribution < 1.29 is 21.3 Å². The Morgan fingerprint density at radius 2 is 1.92 bits per heavy atom. The first kappa shape index (κ1) is 21.6. The van der Waals surface area contributed by atoms with E-state index in [2.05, 4.69) is 15.2 Å². The third-order valence-electron chi connectivity index (χ3n) is 6.46. The lowest BCUT2D eigenvalue weighted by Gasteiger charge is -2.18. The molecule has 4 aromatic rings. The molecule has 192 valence electrons. The highest BCUT2D eigenvalue weighted by Crippen LogP contribution is 2.55. The average molecular weight is 549 g/mol. The highest BCUT2D eigenvalue weighted by molar-refractivity contribution is 7.90. The van der Waals surface area contributed by atoms with Gasteiger partial charge in [-0.1, -0.05) is 17.7 Å². The highest BCUT2D eigenvalue weighted by atomic mass is 35.5. The number of rotatable bonds is 5. The van der Waals surface area contributed by atoms with Gasteiger partial charge in [0.15, 0.2) is 21.5 Å². The van der Waals surface area contributed by atoms with Gasteiger partial charge in [0.05, 0.1) is 17.6 Å². The van der Waals surface area contributed by atoms with Gasteiger partial charge in [0.1, 0.15) is 15.6 Å². The summed E-state index contributed by atoms with van der Waals surface area (Å²) < 4.78 is 78.5. The van der Waals surface area contributed by atoms with Gasteiger partial charge in [0.25, 0.3) is 5.56 Å². The number of aryl methyl sites for hydroxylation is 3. The Kier molecular flexibility index (Phi) is 5.17. The minimum atomic E-state index is -3.94. The minimum absolute atomic E-state index is 0.149. The average Bonchev–Trinajstić information content (AvgIpc) is 3.47. The summed E-state index contributed by atoms with van der Waals surface area (Å²) in [6, 6.07) is 5.20. The van der Waals surface area contributed by atoms with Crippen LogP contribution < -0.4 is 5.56 Å². The van der Waals surface area contributed by atoms with Gasteiger partial charge >= 0.3 is 0 Å². The van der Waals surface area contributed by atoms with E-state index in [-0.39, 0.29) is 33.7 Å². The van der Waals surface area contributed by atoms with Crippen molar-refractivity contribution in [1.29, 1.82) is 0 Å². The summed E-state index contributed by atoms with van der Waals surface area (Å²) in [4.78, 5) is 17.6. The van der Waals surface area contributed by atoms with Crippen LogP contribution >= 0.6 is 11.6 Å². The van der Waals surface area contributed by atoms with Crippen LogP contribution in [0.15, 0.2) is 46.3 Å². The summed E-state index contributed by atoms with van der Waals surface area (Å²) in [5.74, 6) is -2.59.